The van der Waals surface area contributed by atoms with Gasteiger partial charge in [0.1, 0.15) is 11.6 Å². The van der Waals surface area contributed by atoms with Crippen molar-refractivity contribution in [2.75, 3.05) is 11.4 Å². The molecule has 1 atom stereocenters. The number of furan rings is 1. The number of anilines is 1. The molecule has 2 aliphatic rings. The average molecular weight is 289 g/mol. The lowest BCUT2D eigenvalue weighted by Gasteiger charge is -2.27. The Hall–Kier alpha value is -1.36. The van der Waals surface area contributed by atoms with Crippen molar-refractivity contribution < 1.29 is 4.42 Å². The van der Waals surface area contributed by atoms with E-state index in [-0.39, 0.29) is 0 Å². The van der Waals surface area contributed by atoms with Gasteiger partial charge in [-0.15, -0.1) is 0 Å². The lowest BCUT2D eigenvalue weighted by Crippen LogP contribution is -2.28. The van der Waals surface area contributed by atoms with Gasteiger partial charge in [-0.1, -0.05) is 12.8 Å². The minimum Gasteiger partial charge on any atom is -0.467 e. The van der Waals surface area contributed by atoms with Crippen molar-refractivity contribution in [2.24, 2.45) is 0 Å². The summed E-state index contributed by atoms with van der Waals surface area (Å²) in [5.74, 6) is 2.76. The van der Waals surface area contributed by atoms with E-state index in [9.17, 15) is 0 Å². The third-order valence-corrected chi connectivity index (χ3v) is 5.01. The Morgan fingerprint density at radius 2 is 2.15 bits per heavy atom. The first kappa shape index (κ1) is 12.4. The zero-order chi connectivity index (χ0) is 13.4. The molecule has 1 aliphatic heterocycles. The molecule has 1 saturated heterocycles. The molecule has 0 radical (unpaired) electrons. The van der Waals surface area contributed by atoms with Crippen LogP contribution in [0.4, 0.5) is 5.13 Å². The highest BCUT2D eigenvalue weighted by molar-refractivity contribution is 7.09. The zero-order valence-electron chi connectivity index (χ0n) is 11.5. The van der Waals surface area contributed by atoms with Crippen molar-refractivity contribution >= 4 is 16.7 Å². The molecular formula is C15H19N3OS. The Labute approximate surface area is 123 Å². The summed E-state index contributed by atoms with van der Waals surface area (Å²) in [5.41, 5.74) is 0. The predicted octanol–water partition coefficient (Wildman–Crippen LogP) is 4.13. The highest BCUT2D eigenvalue weighted by atomic mass is 32.1. The molecule has 0 amide bonds. The van der Waals surface area contributed by atoms with E-state index in [2.05, 4.69) is 15.3 Å². The van der Waals surface area contributed by atoms with Crippen molar-refractivity contribution in [2.45, 2.75) is 50.5 Å². The number of hydrogen-bond acceptors (Lipinski definition) is 5. The van der Waals surface area contributed by atoms with Gasteiger partial charge in [0, 0.05) is 24.0 Å². The smallest absolute Gasteiger partial charge is 0.205 e. The molecule has 3 heterocycles. The maximum absolute atomic E-state index is 5.66. The van der Waals surface area contributed by atoms with E-state index in [1.54, 1.807) is 17.8 Å². The fraction of sp³-hybridized carbons (Fsp3) is 0.600. The third kappa shape index (κ3) is 2.35. The minimum atomic E-state index is 0.326. The quantitative estimate of drug-likeness (QED) is 0.852. The van der Waals surface area contributed by atoms with Crippen molar-refractivity contribution in [3.63, 3.8) is 0 Å². The fourth-order valence-corrected chi connectivity index (χ4v) is 3.79. The SMILES string of the molecule is c1coc([C@H]2CCCCCN2c2nc(C3CC3)ns2)c1. The van der Waals surface area contributed by atoms with Gasteiger partial charge in [0.15, 0.2) is 0 Å². The second-order valence-electron chi connectivity index (χ2n) is 5.78. The summed E-state index contributed by atoms with van der Waals surface area (Å²) >= 11 is 1.56. The molecule has 2 fully saturated rings. The first-order valence-electron chi connectivity index (χ1n) is 7.55. The van der Waals surface area contributed by atoms with Crippen molar-refractivity contribution in [1.29, 1.82) is 0 Å². The molecule has 1 aliphatic carbocycles. The molecule has 0 N–H and O–H groups in total. The van der Waals surface area contributed by atoms with Crippen molar-refractivity contribution in [3.05, 3.63) is 30.0 Å². The van der Waals surface area contributed by atoms with Crippen LogP contribution in [0.5, 0.6) is 0 Å². The van der Waals surface area contributed by atoms with Crippen LogP contribution in [0.15, 0.2) is 22.8 Å². The summed E-state index contributed by atoms with van der Waals surface area (Å²) in [6.07, 6.45) is 9.23. The fourth-order valence-electron chi connectivity index (χ4n) is 2.96. The van der Waals surface area contributed by atoms with Gasteiger partial charge >= 0.3 is 0 Å². The van der Waals surface area contributed by atoms with Crippen molar-refractivity contribution in [1.82, 2.24) is 9.36 Å². The van der Waals surface area contributed by atoms with Gasteiger partial charge in [-0.3, -0.25) is 0 Å². The van der Waals surface area contributed by atoms with Gasteiger partial charge in [-0.05, 0) is 37.8 Å². The zero-order valence-corrected chi connectivity index (χ0v) is 12.3. The molecule has 0 bridgehead atoms. The maximum Gasteiger partial charge on any atom is 0.205 e. The summed E-state index contributed by atoms with van der Waals surface area (Å²) < 4.78 is 10.2. The van der Waals surface area contributed by atoms with Crippen LogP contribution in [-0.4, -0.2) is 15.9 Å². The van der Waals surface area contributed by atoms with Crippen molar-refractivity contribution in [3.8, 4) is 0 Å². The van der Waals surface area contributed by atoms with Gasteiger partial charge in [-0.2, -0.15) is 4.37 Å². The molecule has 5 heteroatoms. The van der Waals surface area contributed by atoms with Crippen LogP contribution in [0.2, 0.25) is 0 Å². The first-order valence-corrected chi connectivity index (χ1v) is 8.33. The van der Waals surface area contributed by atoms with Gasteiger partial charge in [0.05, 0.1) is 12.3 Å². The summed E-state index contributed by atoms with van der Waals surface area (Å²) in [5, 5.41) is 1.08. The van der Waals surface area contributed by atoms with E-state index in [0.29, 0.717) is 12.0 Å². The highest BCUT2D eigenvalue weighted by Crippen LogP contribution is 2.41. The monoisotopic (exact) mass is 289 g/mol. The van der Waals surface area contributed by atoms with Crippen LogP contribution in [0.1, 0.15) is 62.1 Å². The molecule has 4 nitrogen and oxygen atoms in total. The topological polar surface area (TPSA) is 42.2 Å². The van der Waals surface area contributed by atoms with Crippen LogP contribution in [-0.2, 0) is 0 Å². The first-order chi connectivity index (χ1) is 9.92. The minimum absolute atomic E-state index is 0.326. The molecule has 20 heavy (non-hydrogen) atoms. The molecule has 2 aromatic heterocycles. The largest absolute Gasteiger partial charge is 0.467 e. The number of aromatic nitrogens is 2. The van der Waals surface area contributed by atoms with Crippen LogP contribution in [0.25, 0.3) is 0 Å². The highest BCUT2D eigenvalue weighted by Gasteiger charge is 2.31. The lowest BCUT2D eigenvalue weighted by atomic mass is 10.1. The Morgan fingerprint density at radius 1 is 1.20 bits per heavy atom. The van der Waals surface area contributed by atoms with Crippen LogP contribution in [0.3, 0.4) is 0 Å². The van der Waals surface area contributed by atoms with E-state index in [1.165, 1.54) is 32.1 Å². The number of hydrogen-bond donors (Lipinski definition) is 0. The molecule has 1 saturated carbocycles. The summed E-state index contributed by atoms with van der Waals surface area (Å²) in [6, 6.07) is 4.40. The normalized spacial score (nSPS) is 23.8. The van der Waals surface area contributed by atoms with E-state index in [4.69, 9.17) is 9.40 Å². The standard InChI is InChI=1S/C15H19N3OS/c1-2-5-12(13-6-4-10-19-13)18(9-3-1)15-16-14(17-20-15)11-7-8-11/h4,6,10-12H,1-3,5,7-9H2/t12-/m1/s1. The van der Waals surface area contributed by atoms with E-state index >= 15 is 0 Å². The maximum atomic E-state index is 5.66. The Kier molecular flexibility index (Phi) is 3.22. The molecule has 2 aromatic rings. The van der Waals surface area contributed by atoms with E-state index in [0.717, 1.165) is 29.7 Å². The summed E-state index contributed by atoms with van der Waals surface area (Å²) in [4.78, 5) is 7.20. The van der Waals surface area contributed by atoms with Crippen LogP contribution >= 0.6 is 11.5 Å². The molecule has 4 rings (SSSR count). The van der Waals surface area contributed by atoms with E-state index in [1.807, 2.05) is 6.07 Å². The van der Waals surface area contributed by atoms with Gasteiger partial charge < -0.3 is 9.32 Å². The predicted molar refractivity (Wildman–Crippen MR) is 79.1 cm³/mol. The Bertz CT molecular complexity index is 561. The third-order valence-electron chi connectivity index (χ3n) is 4.24. The molecule has 106 valence electrons. The Balaban J connectivity index is 1.63. The molecule has 0 aromatic carbocycles. The van der Waals surface area contributed by atoms with Crippen LogP contribution in [0, 0.1) is 0 Å². The van der Waals surface area contributed by atoms with Gasteiger partial charge in [-0.25, -0.2) is 4.98 Å². The Morgan fingerprint density at radius 3 is 2.95 bits per heavy atom. The van der Waals surface area contributed by atoms with Crippen LogP contribution < -0.4 is 4.90 Å². The second kappa shape index (κ2) is 5.20. The van der Waals surface area contributed by atoms with E-state index < -0.39 is 0 Å². The van der Waals surface area contributed by atoms with Gasteiger partial charge in [0.2, 0.25) is 5.13 Å². The number of nitrogens with zero attached hydrogens (tertiary/aromatic N) is 3. The second-order valence-corrected chi connectivity index (χ2v) is 6.51. The molecule has 0 spiro atoms. The lowest BCUT2D eigenvalue weighted by molar-refractivity contribution is 0.439. The molecule has 0 unspecified atom stereocenters. The molecular weight excluding hydrogens is 270 g/mol. The summed E-state index contributed by atoms with van der Waals surface area (Å²) in [6.45, 7) is 1.06. The summed E-state index contributed by atoms with van der Waals surface area (Å²) in [7, 11) is 0. The van der Waals surface area contributed by atoms with Gasteiger partial charge in [0.25, 0.3) is 0 Å². The average Bonchev–Trinajstić information content (AvgIpc) is 3.05. The number of rotatable bonds is 3.